The van der Waals surface area contributed by atoms with Gasteiger partial charge in [-0.25, -0.2) is 13.3 Å². The summed E-state index contributed by atoms with van der Waals surface area (Å²) in [7, 11) is -0.597. The molecule has 0 spiro atoms. The number of benzene rings is 1. The van der Waals surface area contributed by atoms with Crippen molar-refractivity contribution in [3.05, 3.63) is 29.6 Å². The van der Waals surface area contributed by atoms with Crippen LogP contribution in [0.25, 0.3) is 0 Å². The van der Waals surface area contributed by atoms with Crippen molar-refractivity contribution in [2.24, 2.45) is 0 Å². The van der Waals surface area contributed by atoms with Crippen LogP contribution in [0.15, 0.2) is 18.2 Å². The van der Waals surface area contributed by atoms with Gasteiger partial charge in [0.15, 0.2) is 0 Å². The molecule has 0 heterocycles. The van der Waals surface area contributed by atoms with Crippen LogP contribution >= 0.6 is 0 Å². The van der Waals surface area contributed by atoms with Crippen molar-refractivity contribution in [1.29, 1.82) is 0 Å². The fourth-order valence-corrected chi connectivity index (χ4v) is 2.58. The maximum absolute atomic E-state index is 14.1. The van der Waals surface area contributed by atoms with E-state index in [2.05, 4.69) is 14.2 Å². The summed E-state index contributed by atoms with van der Waals surface area (Å²) in [4.78, 5) is 11.6. The molecule has 0 saturated heterocycles. The highest BCUT2D eigenvalue weighted by molar-refractivity contribution is 7.84. The summed E-state index contributed by atoms with van der Waals surface area (Å²) in [5, 5.41) is 0. The molecule has 10 heteroatoms. The summed E-state index contributed by atoms with van der Waals surface area (Å²) in [6.07, 6.45) is -5.38. The average molecular weight is 385 g/mol. The third-order valence-corrected chi connectivity index (χ3v) is 4.59. The number of nitrogens with one attached hydrogen (secondary N) is 1. The van der Waals surface area contributed by atoms with Crippen molar-refractivity contribution in [3.63, 3.8) is 0 Å². The van der Waals surface area contributed by atoms with Crippen LogP contribution in [0.3, 0.4) is 0 Å². The lowest BCUT2D eigenvalue weighted by atomic mass is 10.0. The number of ether oxygens (including phenoxy) is 2. The van der Waals surface area contributed by atoms with Gasteiger partial charge in [-0.15, -0.1) is 13.2 Å². The molecule has 1 N–H and O–H groups in total. The molecule has 1 rings (SSSR count). The molecule has 1 unspecified atom stereocenters. The summed E-state index contributed by atoms with van der Waals surface area (Å²) in [6.45, 7) is 4.93. The van der Waals surface area contributed by atoms with E-state index in [0.29, 0.717) is 0 Å². The van der Waals surface area contributed by atoms with E-state index >= 15 is 0 Å². The number of hydrogen-bond acceptors (Lipinski definition) is 4. The first kappa shape index (κ1) is 21.4. The van der Waals surface area contributed by atoms with Gasteiger partial charge in [0, 0.05) is 5.56 Å². The second kappa shape index (κ2) is 8.13. The number of carbonyl (C=O) groups is 1. The molecule has 0 radical (unpaired) electrons. The minimum Gasteiger partial charge on any atom is -0.469 e. The second-order valence-corrected chi connectivity index (χ2v) is 8.06. The summed E-state index contributed by atoms with van der Waals surface area (Å²) in [5.41, 5.74) is -0.287. The van der Waals surface area contributed by atoms with Crippen molar-refractivity contribution >= 4 is 17.0 Å². The van der Waals surface area contributed by atoms with Gasteiger partial charge >= 0.3 is 12.3 Å². The van der Waals surface area contributed by atoms with Gasteiger partial charge in [0.1, 0.15) is 11.6 Å². The Kier molecular flexibility index (Phi) is 6.95. The second-order valence-electron chi connectivity index (χ2n) is 6.06. The Hall–Kier alpha value is -1.68. The lowest BCUT2D eigenvalue weighted by molar-refractivity contribution is -0.274. The molecule has 0 saturated carbocycles. The minimum atomic E-state index is -4.95. The molecule has 1 aromatic carbocycles. The third-order valence-electron chi connectivity index (χ3n) is 2.98. The summed E-state index contributed by atoms with van der Waals surface area (Å²) in [6, 6.07) is 1.23. The number of alkyl halides is 3. The van der Waals surface area contributed by atoms with Crippen molar-refractivity contribution < 1.29 is 36.0 Å². The molecule has 0 fully saturated rings. The Morgan fingerprint density at radius 1 is 1.28 bits per heavy atom. The van der Waals surface area contributed by atoms with Crippen LogP contribution in [0, 0.1) is 5.82 Å². The van der Waals surface area contributed by atoms with E-state index in [1.807, 2.05) is 0 Å². The molecule has 0 bridgehead atoms. The van der Waals surface area contributed by atoms with Gasteiger partial charge in [0.2, 0.25) is 0 Å². The summed E-state index contributed by atoms with van der Waals surface area (Å²) < 4.78 is 73.5. The van der Waals surface area contributed by atoms with Crippen molar-refractivity contribution in [3.8, 4) is 5.75 Å². The average Bonchev–Trinajstić information content (AvgIpc) is 2.45. The van der Waals surface area contributed by atoms with Gasteiger partial charge in [-0.2, -0.15) is 0 Å². The first-order chi connectivity index (χ1) is 11.3. The van der Waals surface area contributed by atoms with E-state index in [1.165, 1.54) is 0 Å². The number of methoxy groups -OCH3 is 1. The molecule has 0 aliphatic rings. The number of esters is 1. The molecule has 1 aromatic rings. The van der Waals surface area contributed by atoms with Crippen LogP contribution < -0.4 is 9.46 Å². The van der Waals surface area contributed by atoms with Crippen LogP contribution in [0.5, 0.6) is 5.75 Å². The smallest absolute Gasteiger partial charge is 0.469 e. The molecule has 0 aromatic heterocycles. The molecule has 0 aliphatic heterocycles. The van der Waals surface area contributed by atoms with Crippen LogP contribution in [0.4, 0.5) is 17.6 Å². The standard InChI is InChI=1S/C15H19F4NO4S/c1-14(2,3)25(22)20-12(8-13(21)23-4)10-7-9(5-6-11(10)16)24-15(17,18)19/h5-7,12,20H,8H2,1-4H3/t12-,25?/m0/s1. The van der Waals surface area contributed by atoms with E-state index in [0.717, 1.165) is 25.3 Å². The normalized spacial score (nSPS) is 14.7. The zero-order valence-electron chi connectivity index (χ0n) is 14.1. The van der Waals surface area contributed by atoms with Gasteiger partial charge in [-0.05, 0) is 39.0 Å². The molecule has 2 atom stereocenters. The highest BCUT2D eigenvalue weighted by Gasteiger charge is 2.32. The van der Waals surface area contributed by atoms with Crippen LogP contribution in [0.1, 0.15) is 38.8 Å². The van der Waals surface area contributed by atoms with E-state index < -0.39 is 52.1 Å². The third kappa shape index (κ3) is 6.99. The molecule has 25 heavy (non-hydrogen) atoms. The van der Waals surface area contributed by atoms with E-state index in [-0.39, 0.29) is 5.56 Å². The maximum atomic E-state index is 14.1. The minimum absolute atomic E-state index is 0.287. The Bertz CT molecular complexity index is 643. The topological polar surface area (TPSA) is 64.6 Å². The molecular weight excluding hydrogens is 366 g/mol. The highest BCUT2D eigenvalue weighted by atomic mass is 32.2. The SMILES string of the molecule is COC(=O)C[C@H](NS(=O)C(C)(C)C)c1cc(OC(F)(F)F)ccc1F. The Balaban J connectivity index is 3.21. The van der Waals surface area contributed by atoms with Gasteiger partial charge in [-0.3, -0.25) is 4.79 Å². The summed E-state index contributed by atoms with van der Waals surface area (Å²) in [5.74, 6) is -2.27. The van der Waals surface area contributed by atoms with Gasteiger partial charge in [0.25, 0.3) is 0 Å². The van der Waals surface area contributed by atoms with Crippen molar-refractivity contribution in [2.45, 2.75) is 44.3 Å². The molecule has 5 nitrogen and oxygen atoms in total. The quantitative estimate of drug-likeness (QED) is 0.602. The monoisotopic (exact) mass is 385 g/mol. The van der Waals surface area contributed by atoms with Crippen molar-refractivity contribution in [1.82, 2.24) is 4.72 Å². The highest BCUT2D eigenvalue weighted by Crippen LogP contribution is 2.29. The van der Waals surface area contributed by atoms with E-state index in [4.69, 9.17) is 0 Å². The first-order valence-corrected chi connectivity index (χ1v) is 8.28. The van der Waals surface area contributed by atoms with Crippen LogP contribution in [-0.4, -0.2) is 28.4 Å². The predicted octanol–water partition coefficient (Wildman–Crippen LogP) is 3.38. The zero-order valence-corrected chi connectivity index (χ0v) is 14.9. The first-order valence-electron chi connectivity index (χ1n) is 7.13. The van der Waals surface area contributed by atoms with Gasteiger partial charge in [0.05, 0.1) is 35.3 Å². The Morgan fingerprint density at radius 2 is 1.88 bits per heavy atom. The number of carbonyl (C=O) groups excluding carboxylic acids is 1. The Labute approximate surface area is 145 Å². The van der Waals surface area contributed by atoms with Crippen molar-refractivity contribution in [2.75, 3.05) is 7.11 Å². The van der Waals surface area contributed by atoms with Gasteiger partial charge < -0.3 is 9.47 Å². The Morgan fingerprint density at radius 3 is 2.36 bits per heavy atom. The number of halogens is 4. The maximum Gasteiger partial charge on any atom is 0.573 e. The fraction of sp³-hybridized carbons (Fsp3) is 0.533. The van der Waals surface area contributed by atoms with Crippen LogP contribution in [-0.2, 0) is 20.5 Å². The molecular formula is C15H19F4NO4S. The number of hydrogen-bond donors (Lipinski definition) is 1. The fourth-order valence-electron chi connectivity index (χ4n) is 1.76. The van der Waals surface area contributed by atoms with Gasteiger partial charge in [-0.1, -0.05) is 0 Å². The lowest BCUT2D eigenvalue weighted by Gasteiger charge is -2.24. The largest absolute Gasteiger partial charge is 0.573 e. The molecule has 0 amide bonds. The number of rotatable bonds is 6. The zero-order chi connectivity index (χ0) is 19.4. The molecule has 142 valence electrons. The predicted molar refractivity (Wildman–Crippen MR) is 83.5 cm³/mol. The van der Waals surface area contributed by atoms with E-state index in [1.54, 1.807) is 20.8 Å². The van der Waals surface area contributed by atoms with Crippen LogP contribution in [0.2, 0.25) is 0 Å². The lowest BCUT2D eigenvalue weighted by Crippen LogP contribution is -2.37. The summed E-state index contributed by atoms with van der Waals surface area (Å²) >= 11 is 0. The molecule has 0 aliphatic carbocycles. The van der Waals surface area contributed by atoms with E-state index in [9.17, 15) is 26.6 Å².